The zero-order valence-corrected chi connectivity index (χ0v) is 15.1. The normalized spacial score (nSPS) is 15.1. The fraction of sp³-hybridized carbons (Fsp3) is 0.333. The van der Waals surface area contributed by atoms with E-state index in [2.05, 4.69) is 27.0 Å². The number of benzene rings is 1. The Balaban J connectivity index is 1.51. The molecule has 0 spiro atoms. The number of hydrogen-bond donors (Lipinski definition) is 0. The lowest BCUT2D eigenvalue weighted by Crippen LogP contribution is -2.33. The number of aryl methyl sites for hydroxylation is 1. The number of aromatic nitrogens is 2. The van der Waals surface area contributed by atoms with Gasteiger partial charge in [-0.1, -0.05) is 18.2 Å². The van der Waals surface area contributed by atoms with Crippen LogP contribution in [0, 0.1) is 6.92 Å². The van der Waals surface area contributed by atoms with E-state index in [1.165, 1.54) is 6.07 Å². The first-order valence-electron chi connectivity index (χ1n) is 9.03. The highest BCUT2D eigenvalue weighted by Gasteiger charge is 2.32. The Hall–Kier alpha value is -2.47. The highest BCUT2D eigenvalue weighted by molar-refractivity contribution is 5.76. The summed E-state index contributed by atoms with van der Waals surface area (Å²) in [4.78, 5) is 11.3. The predicted molar refractivity (Wildman–Crippen MR) is 98.4 cm³/mol. The molecule has 1 aromatic carbocycles. The van der Waals surface area contributed by atoms with Crippen LogP contribution in [0.5, 0.6) is 0 Å². The molecule has 0 fully saturated rings. The molecule has 140 valence electrons. The summed E-state index contributed by atoms with van der Waals surface area (Å²) in [5.74, 6) is 0. The molecule has 0 aliphatic carbocycles. The molecular formula is C21H20F3N3. The quantitative estimate of drug-likeness (QED) is 0.676. The molecular weight excluding hydrogens is 351 g/mol. The molecule has 0 atom stereocenters. The molecule has 0 saturated carbocycles. The van der Waals surface area contributed by atoms with Crippen LogP contribution in [0.3, 0.4) is 0 Å². The Morgan fingerprint density at radius 1 is 1.15 bits per heavy atom. The van der Waals surface area contributed by atoms with Crippen LogP contribution in [-0.4, -0.2) is 28.0 Å². The first-order valence-corrected chi connectivity index (χ1v) is 9.03. The Morgan fingerprint density at radius 2 is 1.96 bits per heavy atom. The number of hydrogen-bond acceptors (Lipinski definition) is 3. The van der Waals surface area contributed by atoms with Gasteiger partial charge in [-0.15, -0.1) is 0 Å². The second-order valence-corrected chi connectivity index (χ2v) is 7.08. The molecule has 0 radical (unpaired) electrons. The lowest BCUT2D eigenvalue weighted by molar-refractivity contribution is -0.138. The molecule has 1 aliphatic heterocycles. The third-order valence-corrected chi connectivity index (χ3v) is 5.05. The first-order chi connectivity index (χ1) is 12.9. The van der Waals surface area contributed by atoms with Crippen molar-refractivity contribution in [3.05, 3.63) is 70.5 Å². The van der Waals surface area contributed by atoms with Crippen LogP contribution in [0.4, 0.5) is 13.2 Å². The Labute approximate surface area is 155 Å². The molecule has 0 amide bonds. The molecule has 4 rings (SSSR count). The van der Waals surface area contributed by atoms with Crippen LogP contribution in [0.25, 0.3) is 11.0 Å². The second-order valence-electron chi connectivity index (χ2n) is 7.08. The number of fused-ring (bicyclic) bond motifs is 2. The van der Waals surface area contributed by atoms with Gasteiger partial charge in [0.05, 0.1) is 5.56 Å². The number of nitrogens with zero attached hydrogens (tertiary/aromatic N) is 3. The van der Waals surface area contributed by atoms with Crippen LogP contribution < -0.4 is 0 Å². The monoisotopic (exact) mass is 371 g/mol. The molecule has 0 N–H and O–H groups in total. The standard InChI is InChI=1S/C21H20F3N3/c1-14-10-16-11-17-13-27(9-7-19(17)26-20(16)25-12-14)8-6-15-4-2-3-5-18(15)21(22,23)24/h2-5,10-12H,6-9,13H2,1H3. The average Bonchev–Trinajstić information content (AvgIpc) is 2.64. The lowest BCUT2D eigenvalue weighted by atomic mass is 10.0. The van der Waals surface area contributed by atoms with Crippen LogP contribution in [0.2, 0.25) is 0 Å². The van der Waals surface area contributed by atoms with Crippen molar-refractivity contribution in [2.45, 2.75) is 32.5 Å². The van der Waals surface area contributed by atoms with Gasteiger partial charge in [0.2, 0.25) is 0 Å². The minimum Gasteiger partial charge on any atom is -0.298 e. The minimum atomic E-state index is -4.31. The summed E-state index contributed by atoms with van der Waals surface area (Å²) in [6.07, 6.45) is -1.32. The molecule has 0 saturated heterocycles. The highest BCUT2D eigenvalue weighted by atomic mass is 19.4. The summed E-state index contributed by atoms with van der Waals surface area (Å²) in [5.41, 5.74) is 3.85. The lowest BCUT2D eigenvalue weighted by Gasteiger charge is -2.28. The molecule has 0 unspecified atom stereocenters. The van der Waals surface area contributed by atoms with Crippen LogP contribution >= 0.6 is 0 Å². The van der Waals surface area contributed by atoms with E-state index in [0.29, 0.717) is 25.1 Å². The van der Waals surface area contributed by atoms with Gasteiger partial charge in [-0.3, -0.25) is 4.90 Å². The SMILES string of the molecule is Cc1cnc2nc3c(cc2c1)CN(CCc1ccccc1C(F)(F)F)CC3. The minimum absolute atomic E-state index is 0.354. The van der Waals surface area contributed by atoms with Gasteiger partial charge in [-0.25, -0.2) is 9.97 Å². The van der Waals surface area contributed by atoms with E-state index in [9.17, 15) is 13.2 Å². The van der Waals surface area contributed by atoms with Crippen LogP contribution in [0.1, 0.15) is 27.9 Å². The second kappa shape index (κ2) is 6.93. The van der Waals surface area contributed by atoms with Crippen molar-refractivity contribution in [3.8, 4) is 0 Å². The Kier molecular flexibility index (Phi) is 4.60. The zero-order valence-electron chi connectivity index (χ0n) is 15.1. The van der Waals surface area contributed by atoms with E-state index < -0.39 is 11.7 Å². The van der Waals surface area contributed by atoms with E-state index in [-0.39, 0.29) is 0 Å². The van der Waals surface area contributed by atoms with E-state index >= 15 is 0 Å². The largest absolute Gasteiger partial charge is 0.416 e. The fourth-order valence-corrected chi connectivity index (χ4v) is 3.68. The van der Waals surface area contributed by atoms with Crippen molar-refractivity contribution in [1.82, 2.24) is 14.9 Å². The third-order valence-electron chi connectivity index (χ3n) is 5.05. The maximum absolute atomic E-state index is 13.2. The number of halogens is 3. The van der Waals surface area contributed by atoms with E-state index in [0.717, 1.165) is 46.9 Å². The van der Waals surface area contributed by atoms with Gasteiger partial charge in [-0.2, -0.15) is 13.2 Å². The van der Waals surface area contributed by atoms with Gasteiger partial charge >= 0.3 is 6.18 Å². The molecule has 3 nitrogen and oxygen atoms in total. The number of pyridine rings is 2. The zero-order chi connectivity index (χ0) is 19.0. The van der Waals surface area contributed by atoms with E-state index in [1.807, 2.05) is 13.1 Å². The van der Waals surface area contributed by atoms with Crippen molar-refractivity contribution in [3.63, 3.8) is 0 Å². The third kappa shape index (κ3) is 3.81. The molecule has 27 heavy (non-hydrogen) atoms. The molecule has 3 heterocycles. The van der Waals surface area contributed by atoms with Crippen molar-refractivity contribution >= 4 is 11.0 Å². The van der Waals surface area contributed by atoms with Gasteiger partial charge in [0.15, 0.2) is 5.65 Å². The fourth-order valence-electron chi connectivity index (χ4n) is 3.68. The van der Waals surface area contributed by atoms with Crippen molar-refractivity contribution < 1.29 is 13.2 Å². The van der Waals surface area contributed by atoms with Gasteiger partial charge in [0.1, 0.15) is 0 Å². The Morgan fingerprint density at radius 3 is 2.78 bits per heavy atom. The summed E-state index contributed by atoms with van der Waals surface area (Å²) in [7, 11) is 0. The van der Waals surface area contributed by atoms with Gasteiger partial charge < -0.3 is 0 Å². The topological polar surface area (TPSA) is 29.0 Å². The molecule has 2 aromatic heterocycles. The van der Waals surface area contributed by atoms with Crippen LogP contribution in [-0.2, 0) is 25.6 Å². The summed E-state index contributed by atoms with van der Waals surface area (Å²) < 4.78 is 39.5. The van der Waals surface area contributed by atoms with Gasteiger partial charge in [-0.05, 0) is 48.2 Å². The van der Waals surface area contributed by atoms with Gasteiger partial charge in [0.25, 0.3) is 0 Å². The predicted octanol–water partition coefficient (Wildman–Crippen LogP) is 4.56. The van der Waals surface area contributed by atoms with E-state index in [4.69, 9.17) is 0 Å². The number of rotatable bonds is 3. The van der Waals surface area contributed by atoms with Crippen LogP contribution in [0.15, 0.2) is 42.6 Å². The van der Waals surface area contributed by atoms with Crippen molar-refractivity contribution in [1.29, 1.82) is 0 Å². The summed E-state index contributed by atoms with van der Waals surface area (Å²) in [6, 6.07) is 10.0. The number of alkyl halides is 3. The van der Waals surface area contributed by atoms with Crippen molar-refractivity contribution in [2.75, 3.05) is 13.1 Å². The van der Waals surface area contributed by atoms with Crippen molar-refractivity contribution in [2.24, 2.45) is 0 Å². The van der Waals surface area contributed by atoms with E-state index in [1.54, 1.807) is 12.1 Å². The molecule has 3 aromatic rings. The summed E-state index contributed by atoms with van der Waals surface area (Å²) >= 11 is 0. The Bertz CT molecular complexity index is 982. The first kappa shape index (κ1) is 17.9. The average molecular weight is 371 g/mol. The summed E-state index contributed by atoms with van der Waals surface area (Å²) in [5, 5.41) is 1.01. The molecule has 1 aliphatic rings. The smallest absolute Gasteiger partial charge is 0.298 e. The highest BCUT2D eigenvalue weighted by Crippen LogP contribution is 2.32. The molecule has 0 bridgehead atoms. The molecule has 6 heteroatoms. The maximum Gasteiger partial charge on any atom is 0.416 e. The summed E-state index contributed by atoms with van der Waals surface area (Å²) in [6.45, 7) is 4.10. The van der Waals surface area contributed by atoms with Gasteiger partial charge in [0, 0.05) is 43.3 Å². The maximum atomic E-state index is 13.2.